The number of phenols is 1. The Morgan fingerprint density at radius 3 is 2.54 bits per heavy atom. The first-order valence-electron chi connectivity index (χ1n) is 11.1. The molecule has 9 heteroatoms. The van der Waals surface area contributed by atoms with Crippen LogP contribution < -0.4 is 15.7 Å². The van der Waals surface area contributed by atoms with E-state index in [1.165, 1.54) is 19.1 Å². The molecule has 182 valence electrons. The van der Waals surface area contributed by atoms with Crippen LogP contribution in [0.15, 0.2) is 45.7 Å². The van der Waals surface area contributed by atoms with Crippen LogP contribution in [0, 0.1) is 20.8 Å². The average Bonchev–Trinajstić information content (AvgIpc) is 3.20. The van der Waals surface area contributed by atoms with Gasteiger partial charge in [0.25, 0.3) is 5.91 Å². The lowest BCUT2D eigenvalue weighted by molar-refractivity contribution is -0.142. The molecule has 0 fully saturated rings. The average molecular weight is 479 g/mol. The Kier molecular flexibility index (Phi) is 6.26. The highest BCUT2D eigenvalue weighted by molar-refractivity contribution is 5.89. The summed E-state index contributed by atoms with van der Waals surface area (Å²) in [5.74, 6) is -1.40. The fourth-order valence-corrected chi connectivity index (χ4v) is 4.04. The minimum Gasteiger partial charge on any atom is -0.508 e. The number of hydrogen-bond donors (Lipinski definition) is 4. The second-order valence-corrected chi connectivity index (χ2v) is 8.61. The molecule has 0 aliphatic carbocycles. The summed E-state index contributed by atoms with van der Waals surface area (Å²) < 4.78 is 11.3. The number of aromatic hydroxyl groups is 1. The number of aromatic nitrogens is 1. The van der Waals surface area contributed by atoms with Crippen LogP contribution in [0.5, 0.6) is 11.5 Å². The number of aryl methyl sites for hydroxylation is 2. The Morgan fingerprint density at radius 2 is 1.83 bits per heavy atom. The van der Waals surface area contributed by atoms with Gasteiger partial charge < -0.3 is 29.7 Å². The third kappa shape index (κ3) is 4.57. The van der Waals surface area contributed by atoms with E-state index >= 15 is 0 Å². The minimum atomic E-state index is -1.21. The number of aromatic amines is 1. The van der Waals surface area contributed by atoms with E-state index in [2.05, 4.69) is 10.3 Å². The molecule has 2 atom stereocenters. The first-order valence-corrected chi connectivity index (χ1v) is 11.1. The number of benzene rings is 2. The van der Waals surface area contributed by atoms with Crippen LogP contribution in [0.3, 0.4) is 0 Å². The third-order valence-electron chi connectivity index (χ3n) is 6.29. The zero-order chi connectivity index (χ0) is 25.4. The fraction of sp³-hybridized carbons (Fsp3) is 0.269. The molecule has 0 saturated carbocycles. The number of ether oxygens (including phenoxy) is 1. The van der Waals surface area contributed by atoms with Crippen molar-refractivity contribution < 1.29 is 29.0 Å². The number of hydrogen-bond acceptors (Lipinski definition) is 6. The van der Waals surface area contributed by atoms with E-state index in [9.17, 15) is 24.6 Å². The van der Waals surface area contributed by atoms with E-state index in [1.807, 2.05) is 6.92 Å². The second-order valence-electron chi connectivity index (χ2n) is 8.61. The quantitative estimate of drug-likeness (QED) is 0.298. The summed E-state index contributed by atoms with van der Waals surface area (Å²) >= 11 is 0. The van der Waals surface area contributed by atoms with Gasteiger partial charge in [0, 0.05) is 40.0 Å². The van der Waals surface area contributed by atoms with Crippen molar-refractivity contribution in [2.24, 2.45) is 0 Å². The molecule has 0 saturated heterocycles. The zero-order valence-corrected chi connectivity index (χ0v) is 19.8. The molecule has 1 amide bonds. The minimum absolute atomic E-state index is 0.00995. The second kappa shape index (κ2) is 9.17. The summed E-state index contributed by atoms with van der Waals surface area (Å²) in [5.41, 5.74) is 3.24. The van der Waals surface area contributed by atoms with Crippen LogP contribution in [0.1, 0.15) is 29.2 Å². The van der Waals surface area contributed by atoms with Gasteiger partial charge in [-0.3, -0.25) is 4.79 Å². The molecular weight excluding hydrogens is 452 g/mol. The normalized spacial score (nSPS) is 13.0. The topological polar surface area (TPSA) is 142 Å². The first kappa shape index (κ1) is 23.9. The van der Waals surface area contributed by atoms with Crippen molar-refractivity contribution in [2.75, 3.05) is 0 Å². The summed E-state index contributed by atoms with van der Waals surface area (Å²) in [6, 6.07) is 7.00. The van der Waals surface area contributed by atoms with Gasteiger partial charge in [-0.15, -0.1) is 0 Å². The predicted octanol–water partition coefficient (Wildman–Crippen LogP) is 3.48. The number of aliphatic carboxylic acids is 1. The monoisotopic (exact) mass is 478 g/mol. The lowest BCUT2D eigenvalue weighted by atomic mass is 10.0. The maximum absolute atomic E-state index is 12.8. The molecule has 0 aliphatic heterocycles. The summed E-state index contributed by atoms with van der Waals surface area (Å²) in [6.45, 7) is 6.78. The smallest absolute Gasteiger partial charge is 0.339 e. The van der Waals surface area contributed by atoms with Crippen molar-refractivity contribution in [3.05, 3.63) is 69.2 Å². The molecule has 35 heavy (non-hydrogen) atoms. The standard InChI is InChI=1S/C26H26N2O7/c1-12-13(2)26(33)35-23-14(3)22(8-6-18(12)23)34-15(4)24(30)28-21(25(31)32)9-16-11-27-20-7-5-17(29)10-19(16)20/h5-8,10-11,15,21,27,29H,9H2,1-4H3,(H,28,30)(H,31,32)/t15-,21-/m1/s1. The van der Waals surface area contributed by atoms with Gasteiger partial charge in [-0.25, -0.2) is 9.59 Å². The summed E-state index contributed by atoms with van der Waals surface area (Å²) in [6.07, 6.45) is 0.649. The Morgan fingerprint density at radius 1 is 1.09 bits per heavy atom. The highest BCUT2D eigenvalue weighted by Crippen LogP contribution is 2.30. The lowest BCUT2D eigenvalue weighted by Crippen LogP contribution is -2.47. The van der Waals surface area contributed by atoms with E-state index in [0.717, 1.165) is 16.5 Å². The number of carboxylic acid groups (broad SMARTS) is 1. The number of rotatable bonds is 7. The third-order valence-corrected chi connectivity index (χ3v) is 6.29. The molecule has 4 N–H and O–H groups in total. The van der Waals surface area contributed by atoms with E-state index in [0.29, 0.717) is 33.4 Å². The molecule has 9 nitrogen and oxygen atoms in total. The van der Waals surface area contributed by atoms with Crippen LogP contribution in [-0.2, 0) is 16.0 Å². The van der Waals surface area contributed by atoms with Crippen LogP contribution in [0.4, 0.5) is 0 Å². The molecular formula is C26H26N2O7. The van der Waals surface area contributed by atoms with E-state index in [1.54, 1.807) is 38.2 Å². The molecule has 2 aromatic carbocycles. The Labute approximate surface area is 200 Å². The molecule has 0 aliphatic rings. The van der Waals surface area contributed by atoms with Crippen molar-refractivity contribution in [2.45, 2.75) is 46.3 Å². The van der Waals surface area contributed by atoms with E-state index in [4.69, 9.17) is 9.15 Å². The van der Waals surface area contributed by atoms with Crippen molar-refractivity contribution in [3.63, 3.8) is 0 Å². The van der Waals surface area contributed by atoms with Crippen molar-refractivity contribution in [1.82, 2.24) is 10.3 Å². The van der Waals surface area contributed by atoms with Gasteiger partial charge in [-0.2, -0.15) is 0 Å². The van der Waals surface area contributed by atoms with Crippen LogP contribution in [0.25, 0.3) is 21.9 Å². The van der Waals surface area contributed by atoms with Gasteiger partial charge in [0.2, 0.25) is 0 Å². The highest BCUT2D eigenvalue weighted by atomic mass is 16.5. The number of nitrogens with one attached hydrogen (secondary N) is 2. The Hall–Kier alpha value is -4.27. The highest BCUT2D eigenvalue weighted by Gasteiger charge is 2.26. The number of fused-ring (bicyclic) bond motifs is 2. The van der Waals surface area contributed by atoms with Crippen LogP contribution >= 0.6 is 0 Å². The molecule has 0 radical (unpaired) electrons. The number of phenolic OH excluding ortho intramolecular Hbond substituents is 1. The summed E-state index contributed by atoms with van der Waals surface area (Å²) in [5, 5.41) is 23.4. The van der Waals surface area contributed by atoms with Crippen molar-refractivity contribution in [3.8, 4) is 11.5 Å². The van der Waals surface area contributed by atoms with Gasteiger partial charge in [-0.05, 0) is 69.2 Å². The summed E-state index contributed by atoms with van der Waals surface area (Å²) in [4.78, 5) is 39.8. The number of amides is 1. The molecule has 4 aromatic rings. The maximum Gasteiger partial charge on any atom is 0.339 e. The summed E-state index contributed by atoms with van der Waals surface area (Å²) in [7, 11) is 0. The Balaban J connectivity index is 1.52. The van der Waals surface area contributed by atoms with Gasteiger partial charge in [0.05, 0.1) is 0 Å². The van der Waals surface area contributed by atoms with Gasteiger partial charge in [0.15, 0.2) is 6.10 Å². The largest absolute Gasteiger partial charge is 0.508 e. The number of carbonyl (C=O) groups excluding carboxylic acids is 1. The molecule has 0 bridgehead atoms. The maximum atomic E-state index is 12.8. The fourth-order valence-electron chi connectivity index (χ4n) is 4.04. The molecule has 2 aromatic heterocycles. The first-order chi connectivity index (χ1) is 16.6. The number of H-pyrrole nitrogens is 1. The molecule has 0 spiro atoms. The van der Waals surface area contributed by atoms with Crippen LogP contribution in [0.2, 0.25) is 0 Å². The zero-order valence-electron chi connectivity index (χ0n) is 19.8. The molecule has 4 rings (SSSR count). The van der Waals surface area contributed by atoms with E-state index < -0.39 is 29.6 Å². The van der Waals surface area contributed by atoms with E-state index in [-0.39, 0.29) is 12.2 Å². The predicted molar refractivity (Wildman–Crippen MR) is 130 cm³/mol. The van der Waals surface area contributed by atoms with Gasteiger partial charge in [-0.1, -0.05) is 0 Å². The Bertz CT molecular complexity index is 1520. The van der Waals surface area contributed by atoms with Crippen LogP contribution in [-0.4, -0.2) is 39.2 Å². The number of carbonyl (C=O) groups is 2. The van der Waals surface area contributed by atoms with Gasteiger partial charge >= 0.3 is 11.6 Å². The van der Waals surface area contributed by atoms with Gasteiger partial charge in [0.1, 0.15) is 23.1 Å². The number of carboxylic acids is 1. The van der Waals surface area contributed by atoms with Crippen molar-refractivity contribution >= 4 is 33.7 Å². The molecule has 2 heterocycles. The van der Waals surface area contributed by atoms with Crippen molar-refractivity contribution in [1.29, 1.82) is 0 Å². The lowest BCUT2D eigenvalue weighted by Gasteiger charge is -2.20. The SMILES string of the molecule is Cc1c(C)c2ccc(O[C@H](C)C(=O)N[C@H](Cc3c[nH]c4ccc(O)cc34)C(=O)O)c(C)c2oc1=O. The molecule has 0 unspecified atom stereocenters.